The zero-order valence-electron chi connectivity index (χ0n) is 10.9. The molecule has 1 aliphatic rings. The van der Waals surface area contributed by atoms with E-state index in [4.69, 9.17) is 5.26 Å². The molecule has 2 heterocycles. The molecule has 0 fully saturated rings. The van der Waals surface area contributed by atoms with Crippen LogP contribution in [0.2, 0.25) is 0 Å². The van der Waals surface area contributed by atoms with Gasteiger partial charge < -0.3 is 17.3 Å². The molecular weight excluding hydrogens is 287 g/mol. The number of aromatic nitrogens is 3. The molecule has 0 radical (unpaired) electrons. The predicted molar refractivity (Wildman–Crippen MR) is 67.0 cm³/mol. The van der Waals surface area contributed by atoms with Crippen molar-refractivity contribution >= 4 is 7.25 Å². The van der Waals surface area contributed by atoms with Crippen molar-refractivity contribution in [3.8, 4) is 11.8 Å². The van der Waals surface area contributed by atoms with E-state index in [1.165, 1.54) is 6.42 Å². The van der Waals surface area contributed by atoms with Gasteiger partial charge in [0, 0.05) is 11.5 Å². The second kappa shape index (κ2) is 5.95. The number of hydrogen-bond donors (Lipinski definition) is 0. The number of fused-ring (bicyclic) bond motifs is 1. The molecule has 0 bridgehead atoms. The largest absolute Gasteiger partial charge is 0.673 e. The summed E-state index contributed by atoms with van der Waals surface area (Å²) in [6, 6.07) is 9.57. The van der Waals surface area contributed by atoms with Crippen LogP contribution in [0.5, 0.6) is 0 Å². The first-order valence-corrected chi connectivity index (χ1v) is 6.22. The lowest BCUT2D eigenvalue weighted by atomic mass is 10.2. The number of halogens is 4. The third-order valence-electron chi connectivity index (χ3n) is 2.86. The van der Waals surface area contributed by atoms with Crippen molar-refractivity contribution in [1.29, 1.82) is 5.26 Å². The summed E-state index contributed by atoms with van der Waals surface area (Å²) in [5, 5.41) is 13.2. The molecule has 0 spiro atoms. The highest BCUT2D eigenvalue weighted by atomic mass is 19.5. The van der Waals surface area contributed by atoms with Gasteiger partial charge in [-0.05, 0) is 30.7 Å². The van der Waals surface area contributed by atoms with Gasteiger partial charge in [-0.1, -0.05) is 4.68 Å². The van der Waals surface area contributed by atoms with Gasteiger partial charge in [0.05, 0.1) is 18.2 Å². The van der Waals surface area contributed by atoms with Crippen LogP contribution < -0.4 is 4.57 Å². The van der Waals surface area contributed by atoms with Crippen molar-refractivity contribution in [3.63, 3.8) is 0 Å². The average Bonchev–Trinajstić information content (AvgIpc) is 2.97. The van der Waals surface area contributed by atoms with Crippen molar-refractivity contribution in [3.05, 3.63) is 42.0 Å². The number of nitrogens with zero attached hydrogens (tertiary/aromatic N) is 4. The van der Waals surface area contributed by atoms with Crippen LogP contribution in [-0.2, 0) is 13.0 Å². The highest BCUT2D eigenvalue weighted by Crippen LogP contribution is 2.10. The summed E-state index contributed by atoms with van der Waals surface area (Å²) in [4.78, 5) is 0. The molecule has 0 atom stereocenters. The molecule has 110 valence electrons. The van der Waals surface area contributed by atoms with Gasteiger partial charge in [-0.2, -0.15) is 5.26 Å². The quantitative estimate of drug-likeness (QED) is 0.460. The minimum Gasteiger partial charge on any atom is -0.418 e. The number of hydrogen-bond acceptors (Lipinski definition) is 2. The van der Waals surface area contributed by atoms with Crippen LogP contribution in [0.15, 0.2) is 30.6 Å². The first kappa shape index (κ1) is 15.0. The molecule has 2 aromatic rings. The van der Waals surface area contributed by atoms with E-state index in [0.29, 0.717) is 5.56 Å². The maximum atomic E-state index is 9.75. The Hall–Kier alpha value is -2.37. The van der Waals surface area contributed by atoms with Crippen LogP contribution >= 0.6 is 0 Å². The summed E-state index contributed by atoms with van der Waals surface area (Å²) in [5.41, 5.74) is 1.68. The zero-order valence-corrected chi connectivity index (χ0v) is 10.9. The fourth-order valence-electron chi connectivity index (χ4n) is 2.01. The topological polar surface area (TPSA) is 45.5 Å². The molecule has 3 rings (SSSR count). The Labute approximate surface area is 118 Å². The van der Waals surface area contributed by atoms with Gasteiger partial charge in [-0.15, -0.1) is 0 Å². The molecule has 0 amide bonds. The van der Waals surface area contributed by atoms with Crippen LogP contribution in [0.4, 0.5) is 17.3 Å². The van der Waals surface area contributed by atoms with E-state index in [1.807, 2.05) is 35.3 Å². The van der Waals surface area contributed by atoms with Gasteiger partial charge in [0.25, 0.3) is 5.82 Å². The van der Waals surface area contributed by atoms with E-state index in [0.717, 1.165) is 24.5 Å². The summed E-state index contributed by atoms with van der Waals surface area (Å²) in [6.07, 6.45) is 4.27. The summed E-state index contributed by atoms with van der Waals surface area (Å²) in [7, 11) is -6.00. The van der Waals surface area contributed by atoms with Gasteiger partial charge in [-0.25, -0.2) is 4.57 Å². The molecule has 4 nitrogen and oxygen atoms in total. The Balaban J connectivity index is 0.000000282. The number of nitriles is 1. The molecule has 0 N–H and O–H groups in total. The van der Waals surface area contributed by atoms with E-state index in [-0.39, 0.29) is 0 Å². The zero-order chi connectivity index (χ0) is 15.5. The van der Waals surface area contributed by atoms with E-state index in [2.05, 4.69) is 15.7 Å². The molecule has 0 unspecified atom stereocenters. The molecule has 0 aliphatic carbocycles. The Morgan fingerprint density at radius 2 is 1.81 bits per heavy atom. The molecule has 1 aromatic heterocycles. The Morgan fingerprint density at radius 1 is 1.19 bits per heavy atom. The lowest BCUT2D eigenvalue weighted by molar-refractivity contribution is -0.691. The number of aryl methyl sites for hydroxylation is 2. The fraction of sp³-hybridized carbons (Fsp3) is 0.250. The van der Waals surface area contributed by atoms with Crippen LogP contribution in [0.25, 0.3) is 5.69 Å². The van der Waals surface area contributed by atoms with Crippen molar-refractivity contribution in [2.24, 2.45) is 0 Å². The molecule has 1 aliphatic heterocycles. The summed E-state index contributed by atoms with van der Waals surface area (Å²) in [6.45, 7) is 1.06. The van der Waals surface area contributed by atoms with Crippen LogP contribution in [0.3, 0.4) is 0 Å². The van der Waals surface area contributed by atoms with E-state index >= 15 is 0 Å². The number of rotatable bonds is 1. The minimum atomic E-state index is -6.00. The monoisotopic (exact) mass is 298 g/mol. The van der Waals surface area contributed by atoms with Crippen LogP contribution in [0.1, 0.15) is 17.8 Å². The fourth-order valence-corrected chi connectivity index (χ4v) is 2.01. The van der Waals surface area contributed by atoms with Gasteiger partial charge >= 0.3 is 7.25 Å². The Bertz CT molecular complexity index is 630. The summed E-state index contributed by atoms with van der Waals surface area (Å²) in [5.74, 6) is 1.14. The normalized spacial score (nSPS) is 13.1. The third kappa shape index (κ3) is 4.31. The summed E-state index contributed by atoms with van der Waals surface area (Å²) >= 11 is 0. The highest BCUT2D eigenvalue weighted by molar-refractivity contribution is 6.50. The first-order chi connectivity index (χ1) is 9.86. The van der Waals surface area contributed by atoms with Gasteiger partial charge in [-0.3, -0.25) is 0 Å². The lowest BCUT2D eigenvalue weighted by Gasteiger charge is -1.94. The number of benzene rings is 1. The third-order valence-corrected chi connectivity index (χ3v) is 2.86. The Kier molecular flexibility index (Phi) is 4.26. The standard InChI is InChI=1S/C12H11N4.BF4/c13-8-10-3-5-11(6-4-10)16-9-15-7-1-2-12(15)14-16;2-1(3,4)5/h3-6,9H,1-2,7H2;/q+1;-1. The van der Waals surface area contributed by atoms with Crippen molar-refractivity contribution in [1.82, 2.24) is 9.78 Å². The summed E-state index contributed by atoms with van der Waals surface area (Å²) < 4.78 is 43.0. The first-order valence-electron chi connectivity index (χ1n) is 6.22. The minimum absolute atomic E-state index is 0.677. The Morgan fingerprint density at radius 3 is 2.33 bits per heavy atom. The molecule has 21 heavy (non-hydrogen) atoms. The van der Waals surface area contributed by atoms with Crippen molar-refractivity contribution < 1.29 is 21.8 Å². The van der Waals surface area contributed by atoms with Crippen molar-refractivity contribution in [2.45, 2.75) is 19.4 Å². The van der Waals surface area contributed by atoms with E-state index < -0.39 is 7.25 Å². The molecule has 9 heteroatoms. The molecule has 1 aromatic carbocycles. The van der Waals surface area contributed by atoms with E-state index in [9.17, 15) is 17.3 Å². The lowest BCUT2D eigenvalue weighted by Crippen LogP contribution is -2.29. The van der Waals surface area contributed by atoms with Crippen LogP contribution in [0, 0.1) is 11.3 Å². The van der Waals surface area contributed by atoms with E-state index in [1.54, 1.807) is 0 Å². The second-order valence-electron chi connectivity index (χ2n) is 4.43. The maximum absolute atomic E-state index is 9.75. The van der Waals surface area contributed by atoms with Gasteiger partial charge in [0.2, 0.25) is 6.33 Å². The average molecular weight is 298 g/mol. The highest BCUT2D eigenvalue weighted by Gasteiger charge is 2.22. The SMILES string of the molecule is F[B-](F)(F)F.N#Cc1ccc(-n2c[n+]3c(n2)CCC3)cc1. The molecular formula is C12H11BF4N4. The predicted octanol–water partition coefficient (Wildman–Crippen LogP) is 2.28. The smallest absolute Gasteiger partial charge is 0.418 e. The van der Waals surface area contributed by atoms with Crippen molar-refractivity contribution in [2.75, 3.05) is 0 Å². The second-order valence-corrected chi connectivity index (χ2v) is 4.43. The van der Waals surface area contributed by atoms with Gasteiger partial charge in [0.1, 0.15) is 5.69 Å². The molecule has 0 saturated carbocycles. The van der Waals surface area contributed by atoms with Crippen LogP contribution in [-0.4, -0.2) is 17.0 Å². The molecule has 0 saturated heterocycles. The maximum Gasteiger partial charge on any atom is 0.673 e. The van der Waals surface area contributed by atoms with Gasteiger partial charge in [0.15, 0.2) is 0 Å².